The molecular weight excluding hydrogens is 1360 g/mol. The minimum absolute atomic E-state index is 0.0312. The van der Waals surface area contributed by atoms with E-state index in [-0.39, 0.29) is 13.4 Å². The van der Waals surface area contributed by atoms with Gasteiger partial charge < -0.3 is 34.3 Å². The zero-order valence-corrected chi connectivity index (χ0v) is 61.9. The van der Waals surface area contributed by atoms with E-state index in [1.54, 1.807) is 0 Å². The number of aryl methyl sites for hydroxylation is 1. The van der Waals surface area contributed by atoms with Gasteiger partial charge in [-0.1, -0.05) is 248 Å². The van der Waals surface area contributed by atoms with Crippen LogP contribution in [0.15, 0.2) is 437 Å². The van der Waals surface area contributed by atoms with Crippen LogP contribution in [0.4, 0.5) is 119 Å². The molecule has 7 nitrogen and oxygen atoms in total. The number of para-hydroxylation sites is 10. The van der Waals surface area contributed by atoms with E-state index in [9.17, 15) is 0 Å². The Balaban J connectivity index is 0.000000154. The summed E-state index contributed by atoms with van der Waals surface area (Å²) in [7, 11) is 0. The van der Waals surface area contributed by atoms with Crippen molar-refractivity contribution in [3.05, 3.63) is 442 Å². The minimum atomic E-state index is 0.0312. The number of rotatable bonds is 14. The van der Waals surface area contributed by atoms with Crippen LogP contribution in [0.25, 0.3) is 11.1 Å². The summed E-state index contributed by atoms with van der Waals surface area (Å²) < 4.78 is 0. The second-order valence-corrected chi connectivity index (χ2v) is 28.9. The highest BCUT2D eigenvalue weighted by Crippen LogP contribution is 2.49. The van der Waals surface area contributed by atoms with Crippen LogP contribution in [0.1, 0.15) is 5.56 Å². The largest absolute Gasteiger partial charge is 0.311 e. The van der Waals surface area contributed by atoms with E-state index in [1.807, 2.05) is 0 Å². The van der Waals surface area contributed by atoms with Gasteiger partial charge in [-0.3, -0.25) is 0 Å². The summed E-state index contributed by atoms with van der Waals surface area (Å²) in [6, 6.07) is 158. The van der Waals surface area contributed by atoms with Gasteiger partial charge in [0.1, 0.15) is 0 Å². The zero-order chi connectivity index (χ0) is 74.4. The van der Waals surface area contributed by atoms with Crippen molar-refractivity contribution in [1.82, 2.24) is 0 Å². The molecule has 0 bridgehead atoms. The lowest BCUT2D eigenvalue weighted by atomic mass is 9.33. The van der Waals surface area contributed by atoms with Gasteiger partial charge in [-0.25, -0.2) is 0 Å². The van der Waals surface area contributed by atoms with Gasteiger partial charge in [0.15, 0.2) is 0 Å². The highest BCUT2D eigenvalue weighted by molar-refractivity contribution is 7.01. The van der Waals surface area contributed by atoms with E-state index in [1.165, 1.54) is 78.2 Å². The Morgan fingerprint density at radius 3 is 0.750 bits per heavy atom. The normalized spacial score (nSPS) is 12.4. The van der Waals surface area contributed by atoms with Crippen LogP contribution >= 0.6 is 0 Å². The van der Waals surface area contributed by atoms with Gasteiger partial charge in [0, 0.05) is 119 Å². The first-order valence-electron chi connectivity index (χ1n) is 38.5. The molecule has 0 unspecified atom stereocenters. The van der Waals surface area contributed by atoms with Crippen LogP contribution in [0.5, 0.6) is 0 Å². The van der Waals surface area contributed by atoms with E-state index in [0.717, 1.165) is 90.8 Å². The van der Waals surface area contributed by atoms with Crippen molar-refractivity contribution in [3.63, 3.8) is 0 Å². The fraction of sp³-hybridized carbons (Fsp3) is 0.00971. The average molecular weight is 1430 g/mol. The summed E-state index contributed by atoms with van der Waals surface area (Å²) in [6.45, 7) is 2.27. The molecule has 0 N–H and O–H groups in total. The summed E-state index contributed by atoms with van der Waals surface area (Å²) in [5.74, 6) is 0. The Bertz CT molecular complexity index is 6110. The van der Waals surface area contributed by atoms with E-state index >= 15 is 0 Å². The van der Waals surface area contributed by atoms with E-state index in [4.69, 9.17) is 0 Å². The lowest BCUT2D eigenvalue weighted by Crippen LogP contribution is -2.61. The van der Waals surface area contributed by atoms with Crippen molar-refractivity contribution in [2.75, 3.05) is 34.3 Å². The summed E-state index contributed by atoms with van der Waals surface area (Å²) in [5, 5.41) is 0. The third-order valence-corrected chi connectivity index (χ3v) is 22.3. The molecule has 0 aliphatic carbocycles. The van der Waals surface area contributed by atoms with Gasteiger partial charge in [-0.2, -0.15) is 0 Å². The first kappa shape index (κ1) is 66.9. The Morgan fingerprint density at radius 2 is 0.411 bits per heavy atom. The lowest BCUT2D eigenvalue weighted by Gasteiger charge is -2.44. The molecular formula is C103H75B2N7. The Labute approximate surface area is 656 Å². The van der Waals surface area contributed by atoms with Crippen LogP contribution in [0, 0.1) is 6.92 Å². The molecule has 4 aliphatic heterocycles. The van der Waals surface area contributed by atoms with Gasteiger partial charge in [0.2, 0.25) is 0 Å². The Kier molecular flexibility index (Phi) is 17.2. The molecule has 0 saturated carbocycles. The van der Waals surface area contributed by atoms with E-state index < -0.39 is 0 Å². The maximum Gasteiger partial charge on any atom is 0.252 e. The molecule has 17 aromatic rings. The molecule has 0 amide bonds. The fourth-order valence-electron chi connectivity index (χ4n) is 17.4. The van der Waals surface area contributed by atoms with Crippen molar-refractivity contribution in [2.24, 2.45) is 0 Å². The average Bonchev–Trinajstić information content (AvgIpc) is 0.705. The highest BCUT2D eigenvalue weighted by atomic mass is 15.2. The summed E-state index contributed by atoms with van der Waals surface area (Å²) >= 11 is 0. The minimum Gasteiger partial charge on any atom is -0.311 e. The summed E-state index contributed by atoms with van der Waals surface area (Å²) in [4.78, 5) is 16.9. The Morgan fingerprint density at radius 1 is 0.179 bits per heavy atom. The molecule has 0 radical (unpaired) electrons. The van der Waals surface area contributed by atoms with Crippen molar-refractivity contribution < 1.29 is 0 Å². The third kappa shape index (κ3) is 11.9. The van der Waals surface area contributed by atoms with Crippen molar-refractivity contribution >= 4 is 166 Å². The summed E-state index contributed by atoms with van der Waals surface area (Å²) in [6.07, 6.45) is 0. The molecule has 4 heterocycles. The van der Waals surface area contributed by atoms with Gasteiger partial charge in [0.05, 0.1) is 0 Å². The molecule has 4 aliphatic rings. The smallest absolute Gasteiger partial charge is 0.252 e. The lowest BCUT2D eigenvalue weighted by molar-refractivity contribution is 1.24. The standard InChI is InChI=1S/C60H43BN4.C43H32BN3/c1-6-19-46(20-7-1)62(47-21-8-2-9-22-47)51-37-33-44(34-38-51)45-35-39-52(40-36-45)65-58-32-18-31-57-60(58)61(54-29-16-17-30-56(54)64(57)50-27-14-5-15-28-50)55-42-41-53(43-59(55)65)63(48-23-10-3-11-24-48)49-25-12-4-13-26-49;1-31-24-26-35(27-25-31)47-41-23-13-22-40-43(41)44(37-20-11-12-21-39(37)46(40)34-18-9-4-10-19-34)38-29-28-36(30-42(38)47)45(32-14-5-2-6-15-32)33-16-7-3-8-17-33/h1-43H;2-30H,1H3. The second kappa shape index (κ2) is 28.9. The maximum atomic E-state index is 2.49. The van der Waals surface area contributed by atoms with E-state index in [0.29, 0.717) is 0 Å². The van der Waals surface area contributed by atoms with Crippen LogP contribution in [0.2, 0.25) is 0 Å². The molecule has 17 aromatic carbocycles. The number of hydrogen-bond donors (Lipinski definition) is 0. The molecule has 21 rings (SSSR count). The number of hydrogen-bond acceptors (Lipinski definition) is 7. The van der Waals surface area contributed by atoms with Crippen LogP contribution in [-0.4, -0.2) is 13.4 Å². The number of anilines is 21. The Hall–Kier alpha value is -14.5. The molecule has 0 aromatic heterocycles. The predicted molar refractivity (Wildman–Crippen MR) is 475 cm³/mol. The van der Waals surface area contributed by atoms with Crippen LogP contribution < -0.4 is 67.1 Å². The fourth-order valence-corrected chi connectivity index (χ4v) is 17.4. The topological polar surface area (TPSA) is 22.7 Å². The van der Waals surface area contributed by atoms with Gasteiger partial charge >= 0.3 is 0 Å². The van der Waals surface area contributed by atoms with Gasteiger partial charge in [-0.05, 0) is 245 Å². The molecule has 9 heteroatoms. The third-order valence-electron chi connectivity index (χ3n) is 22.3. The number of fused-ring (bicyclic) bond motifs is 8. The predicted octanol–water partition coefficient (Wildman–Crippen LogP) is 23.9. The number of nitrogens with zero attached hydrogens (tertiary/aromatic N) is 7. The first-order valence-corrected chi connectivity index (χ1v) is 38.5. The SMILES string of the molecule is Cc1ccc(N2c3cc(N(c4ccccc4)c4ccccc4)ccc3B3c4ccccc4N(c4ccccc4)c4cccc2c43)cc1.c1ccc(N(c2ccccc2)c2ccc(-c3ccc(N4c5cc(N(c6ccccc6)c6ccccc6)ccc5B5c6ccccc6N(c6ccccc6)c6cccc4c65)cc3)cc2)cc1. The van der Waals surface area contributed by atoms with Crippen molar-refractivity contribution in [2.45, 2.75) is 6.92 Å². The molecule has 0 atom stereocenters. The van der Waals surface area contributed by atoms with Gasteiger partial charge in [0.25, 0.3) is 13.4 Å². The first-order chi connectivity index (χ1) is 55.5. The van der Waals surface area contributed by atoms with Crippen LogP contribution in [0.3, 0.4) is 0 Å². The highest BCUT2D eigenvalue weighted by Gasteiger charge is 2.45. The second-order valence-electron chi connectivity index (χ2n) is 28.9. The quantitative estimate of drug-likeness (QED) is 0.1000. The maximum absolute atomic E-state index is 2.49. The zero-order valence-electron chi connectivity index (χ0n) is 61.9. The van der Waals surface area contributed by atoms with Crippen LogP contribution in [-0.2, 0) is 0 Å². The molecule has 0 fully saturated rings. The molecule has 528 valence electrons. The molecule has 112 heavy (non-hydrogen) atoms. The van der Waals surface area contributed by atoms with Crippen molar-refractivity contribution in [1.29, 1.82) is 0 Å². The monoisotopic (exact) mass is 1430 g/mol. The van der Waals surface area contributed by atoms with Crippen molar-refractivity contribution in [3.8, 4) is 11.1 Å². The van der Waals surface area contributed by atoms with Gasteiger partial charge in [-0.15, -0.1) is 0 Å². The summed E-state index contributed by atoms with van der Waals surface area (Å²) in [5.41, 5.74) is 35.6. The van der Waals surface area contributed by atoms with E-state index in [2.05, 4.69) is 478 Å². The molecule has 0 spiro atoms. The molecule has 0 saturated heterocycles. The number of benzene rings is 17.